The Kier molecular flexibility index (Phi) is 4.35. The number of ether oxygens (including phenoxy) is 1. The number of nitrogens with zero attached hydrogens (tertiary/aromatic N) is 5. The molecular formula is C16H16ClN5O2. The number of tetrazole rings is 1. The molecule has 0 saturated heterocycles. The number of aromatic nitrogens is 5. The van der Waals surface area contributed by atoms with E-state index in [9.17, 15) is 4.79 Å². The fraction of sp³-hybridized carbons (Fsp3) is 0.250. The highest BCUT2D eigenvalue weighted by Crippen LogP contribution is 2.21. The van der Waals surface area contributed by atoms with Crippen LogP contribution in [0, 0.1) is 13.8 Å². The monoisotopic (exact) mass is 345 g/mol. The highest BCUT2D eigenvalue weighted by molar-refractivity contribution is 6.30. The van der Waals surface area contributed by atoms with E-state index in [1.54, 1.807) is 19.2 Å². The van der Waals surface area contributed by atoms with Gasteiger partial charge in [-0.05, 0) is 41.5 Å². The van der Waals surface area contributed by atoms with Crippen molar-refractivity contribution < 1.29 is 4.74 Å². The third-order valence-corrected chi connectivity index (χ3v) is 4.09. The van der Waals surface area contributed by atoms with Gasteiger partial charge in [0.25, 0.3) is 0 Å². The molecule has 0 radical (unpaired) electrons. The summed E-state index contributed by atoms with van der Waals surface area (Å²) in [5.41, 5.74) is 3.00. The average molecular weight is 346 g/mol. The lowest BCUT2D eigenvalue weighted by atomic mass is 10.1. The van der Waals surface area contributed by atoms with Gasteiger partial charge >= 0.3 is 5.69 Å². The molecule has 2 heterocycles. The zero-order chi connectivity index (χ0) is 17.3. The largest absolute Gasteiger partial charge is 0.473 e. The van der Waals surface area contributed by atoms with Gasteiger partial charge in [-0.1, -0.05) is 29.8 Å². The molecule has 8 heteroatoms. The van der Waals surface area contributed by atoms with Crippen molar-refractivity contribution in [2.24, 2.45) is 7.05 Å². The average Bonchev–Trinajstić information content (AvgIpc) is 2.89. The molecule has 0 amide bonds. The number of aryl methyl sites for hydroxylation is 3. The summed E-state index contributed by atoms with van der Waals surface area (Å²) in [4.78, 5) is 16.3. The van der Waals surface area contributed by atoms with E-state index in [1.165, 1.54) is 9.36 Å². The van der Waals surface area contributed by atoms with E-state index in [2.05, 4.69) is 15.4 Å². The Morgan fingerprint density at radius 1 is 1.12 bits per heavy atom. The van der Waals surface area contributed by atoms with Crippen LogP contribution in [0.3, 0.4) is 0 Å². The second kappa shape index (κ2) is 6.45. The molecule has 0 aliphatic heterocycles. The fourth-order valence-corrected chi connectivity index (χ4v) is 2.40. The van der Waals surface area contributed by atoms with Gasteiger partial charge in [0.15, 0.2) is 0 Å². The first-order valence-electron chi connectivity index (χ1n) is 7.31. The van der Waals surface area contributed by atoms with E-state index in [0.29, 0.717) is 16.7 Å². The van der Waals surface area contributed by atoms with Crippen LogP contribution in [-0.2, 0) is 13.7 Å². The molecule has 3 rings (SSSR count). The Balaban J connectivity index is 1.94. The normalized spacial score (nSPS) is 10.8. The Hall–Kier alpha value is -2.67. The minimum absolute atomic E-state index is 0.234. The Morgan fingerprint density at radius 2 is 1.92 bits per heavy atom. The SMILES string of the molecule is Cc1ccc(OCc2c(C)cccc2-n2nnn(C)c2=O)nc1Cl. The quantitative estimate of drug-likeness (QED) is 0.678. The molecule has 0 saturated carbocycles. The number of pyridine rings is 1. The number of benzene rings is 1. The summed E-state index contributed by atoms with van der Waals surface area (Å²) >= 11 is 6.02. The number of halogens is 1. The summed E-state index contributed by atoms with van der Waals surface area (Å²) in [5.74, 6) is 0.422. The minimum atomic E-state index is -0.321. The molecule has 0 unspecified atom stereocenters. The zero-order valence-electron chi connectivity index (χ0n) is 13.5. The topological polar surface area (TPSA) is 74.8 Å². The van der Waals surface area contributed by atoms with Crippen LogP contribution in [0.2, 0.25) is 5.15 Å². The van der Waals surface area contributed by atoms with Crippen LogP contribution in [-0.4, -0.2) is 24.8 Å². The smallest absolute Gasteiger partial charge is 0.368 e. The van der Waals surface area contributed by atoms with Gasteiger partial charge in [-0.3, -0.25) is 0 Å². The number of hydrogen-bond acceptors (Lipinski definition) is 5. The Morgan fingerprint density at radius 3 is 2.58 bits per heavy atom. The molecule has 1 aromatic carbocycles. The number of rotatable bonds is 4. The third-order valence-electron chi connectivity index (χ3n) is 3.71. The van der Waals surface area contributed by atoms with Crippen molar-refractivity contribution in [2.75, 3.05) is 0 Å². The molecule has 0 aliphatic rings. The lowest BCUT2D eigenvalue weighted by Gasteiger charge is -2.12. The van der Waals surface area contributed by atoms with Gasteiger partial charge in [0.2, 0.25) is 5.88 Å². The van der Waals surface area contributed by atoms with Crippen molar-refractivity contribution >= 4 is 11.6 Å². The van der Waals surface area contributed by atoms with Crippen molar-refractivity contribution in [3.05, 3.63) is 62.7 Å². The van der Waals surface area contributed by atoms with Gasteiger partial charge in [-0.2, -0.15) is 9.36 Å². The summed E-state index contributed by atoms with van der Waals surface area (Å²) in [6.45, 7) is 4.05. The first kappa shape index (κ1) is 16.2. The second-order valence-corrected chi connectivity index (χ2v) is 5.77. The standard InChI is InChI=1S/C16H16ClN5O2/c1-10-5-4-6-13(22-16(23)21(3)19-20-22)12(10)9-24-14-8-7-11(2)15(17)18-14/h4-8H,9H2,1-3H3. The van der Waals surface area contributed by atoms with Crippen LogP contribution < -0.4 is 10.4 Å². The lowest BCUT2D eigenvalue weighted by Crippen LogP contribution is -2.23. The van der Waals surface area contributed by atoms with E-state index >= 15 is 0 Å². The summed E-state index contributed by atoms with van der Waals surface area (Å²) in [6, 6.07) is 9.21. The maximum Gasteiger partial charge on any atom is 0.368 e. The van der Waals surface area contributed by atoms with Crippen molar-refractivity contribution in [1.29, 1.82) is 0 Å². The van der Waals surface area contributed by atoms with E-state index in [4.69, 9.17) is 16.3 Å². The van der Waals surface area contributed by atoms with Gasteiger partial charge in [-0.25, -0.2) is 9.78 Å². The van der Waals surface area contributed by atoms with Gasteiger partial charge in [-0.15, -0.1) is 0 Å². The van der Waals surface area contributed by atoms with Crippen LogP contribution in [0.4, 0.5) is 0 Å². The Bertz CT molecular complexity index is 948. The fourth-order valence-electron chi connectivity index (χ4n) is 2.25. The molecule has 0 aliphatic carbocycles. The number of hydrogen-bond donors (Lipinski definition) is 0. The summed E-state index contributed by atoms with van der Waals surface area (Å²) in [5, 5.41) is 8.05. The van der Waals surface area contributed by atoms with Gasteiger partial charge in [0.05, 0.1) is 5.69 Å². The third kappa shape index (κ3) is 3.03. The van der Waals surface area contributed by atoms with E-state index in [-0.39, 0.29) is 12.3 Å². The highest BCUT2D eigenvalue weighted by atomic mass is 35.5. The van der Waals surface area contributed by atoms with Gasteiger partial charge < -0.3 is 4.74 Å². The van der Waals surface area contributed by atoms with Crippen LogP contribution in [0.5, 0.6) is 5.88 Å². The molecule has 0 N–H and O–H groups in total. The van der Waals surface area contributed by atoms with E-state index in [0.717, 1.165) is 16.7 Å². The molecule has 24 heavy (non-hydrogen) atoms. The van der Waals surface area contributed by atoms with Crippen LogP contribution in [0.25, 0.3) is 5.69 Å². The summed E-state index contributed by atoms with van der Waals surface area (Å²) in [6.07, 6.45) is 0. The van der Waals surface area contributed by atoms with Crippen molar-refractivity contribution in [3.8, 4) is 11.6 Å². The van der Waals surface area contributed by atoms with Crippen LogP contribution in [0.1, 0.15) is 16.7 Å². The van der Waals surface area contributed by atoms with Gasteiger partial charge in [0.1, 0.15) is 11.8 Å². The first-order valence-corrected chi connectivity index (χ1v) is 7.69. The van der Waals surface area contributed by atoms with Gasteiger partial charge in [0, 0.05) is 18.7 Å². The molecule has 124 valence electrons. The second-order valence-electron chi connectivity index (χ2n) is 5.42. The Labute approximate surface area is 143 Å². The molecule has 0 bridgehead atoms. The van der Waals surface area contributed by atoms with E-state index < -0.39 is 0 Å². The van der Waals surface area contributed by atoms with E-state index in [1.807, 2.05) is 32.0 Å². The molecule has 0 atom stereocenters. The minimum Gasteiger partial charge on any atom is -0.473 e. The predicted molar refractivity (Wildman–Crippen MR) is 89.7 cm³/mol. The maximum absolute atomic E-state index is 12.1. The molecule has 0 spiro atoms. The van der Waals surface area contributed by atoms with Crippen LogP contribution in [0.15, 0.2) is 35.1 Å². The molecule has 3 aromatic rings. The maximum atomic E-state index is 12.1. The highest BCUT2D eigenvalue weighted by Gasteiger charge is 2.14. The molecule has 2 aromatic heterocycles. The summed E-state index contributed by atoms with van der Waals surface area (Å²) in [7, 11) is 1.55. The first-order chi connectivity index (χ1) is 11.5. The van der Waals surface area contributed by atoms with Crippen molar-refractivity contribution in [3.63, 3.8) is 0 Å². The molecule has 0 fully saturated rings. The van der Waals surface area contributed by atoms with Crippen molar-refractivity contribution in [1.82, 2.24) is 24.8 Å². The molecule has 7 nitrogen and oxygen atoms in total. The van der Waals surface area contributed by atoms with Crippen molar-refractivity contribution in [2.45, 2.75) is 20.5 Å². The zero-order valence-corrected chi connectivity index (χ0v) is 14.3. The summed E-state index contributed by atoms with van der Waals surface area (Å²) < 4.78 is 8.18. The molecular weight excluding hydrogens is 330 g/mol. The van der Waals surface area contributed by atoms with Crippen LogP contribution >= 0.6 is 11.6 Å². The predicted octanol–water partition coefficient (Wildman–Crippen LogP) is 2.21. The lowest BCUT2D eigenvalue weighted by molar-refractivity contribution is 0.292.